The maximum atomic E-state index is 14.5. The predicted octanol–water partition coefficient (Wildman–Crippen LogP) is 2.37. The van der Waals surface area contributed by atoms with E-state index in [-0.39, 0.29) is 18.6 Å². The minimum atomic E-state index is -1.06. The highest BCUT2D eigenvalue weighted by Crippen LogP contribution is 2.27. The molecule has 2 N–H and O–H groups in total. The first-order valence-electron chi connectivity index (χ1n) is 9.43. The van der Waals surface area contributed by atoms with Crippen LogP contribution < -0.4 is 0 Å². The van der Waals surface area contributed by atoms with Crippen LogP contribution in [0.25, 0.3) is 11.0 Å². The minimum Gasteiger partial charge on any atom is -0.488 e. The van der Waals surface area contributed by atoms with Crippen molar-refractivity contribution in [3.63, 3.8) is 0 Å². The van der Waals surface area contributed by atoms with Gasteiger partial charge >= 0.3 is 0 Å². The minimum absolute atomic E-state index is 0.0380. The largest absolute Gasteiger partial charge is 0.488 e. The Kier molecular flexibility index (Phi) is 4.84. The molecule has 0 amide bonds. The molecule has 0 bridgehead atoms. The Morgan fingerprint density at radius 1 is 1.43 bits per heavy atom. The lowest BCUT2D eigenvalue weighted by atomic mass is 10.0. The van der Waals surface area contributed by atoms with E-state index in [1.165, 1.54) is 6.20 Å². The molecule has 0 spiro atoms. The first-order valence-corrected chi connectivity index (χ1v) is 9.43. The van der Waals surface area contributed by atoms with Gasteiger partial charge in [0.25, 0.3) is 0 Å². The number of halogens is 1. The van der Waals surface area contributed by atoms with Gasteiger partial charge in [-0.25, -0.2) is 9.37 Å². The number of hydrogen-bond acceptors (Lipinski definition) is 5. The number of aliphatic imine (C=N–C) groups is 1. The lowest BCUT2D eigenvalue weighted by Crippen LogP contribution is -2.59. The zero-order valence-corrected chi connectivity index (χ0v) is 16.3. The summed E-state index contributed by atoms with van der Waals surface area (Å²) < 4.78 is 26.0. The van der Waals surface area contributed by atoms with Crippen LogP contribution in [-0.4, -0.2) is 63.3 Å². The number of ether oxygens (including phenoxy) is 2. The molecular weight excluding hydrogens is 363 g/mol. The number of morpholine rings is 2. The third-order valence-electron chi connectivity index (χ3n) is 4.95. The number of aromatic amines is 1. The van der Waals surface area contributed by atoms with Gasteiger partial charge in [0.05, 0.1) is 43.6 Å². The molecule has 0 radical (unpaired) electrons. The van der Waals surface area contributed by atoms with Crippen LogP contribution >= 0.6 is 0 Å². The van der Waals surface area contributed by atoms with E-state index >= 15 is 0 Å². The molecule has 0 saturated carbocycles. The maximum Gasteiger partial charge on any atom is 0.167 e. The fourth-order valence-electron chi connectivity index (χ4n) is 3.72. The van der Waals surface area contributed by atoms with E-state index in [2.05, 4.69) is 21.8 Å². The van der Waals surface area contributed by atoms with Crippen molar-refractivity contribution >= 4 is 16.9 Å². The second-order valence-electron chi connectivity index (χ2n) is 7.89. The molecule has 28 heavy (non-hydrogen) atoms. The molecule has 7 nitrogen and oxygen atoms in total. The molecule has 2 aliphatic heterocycles. The van der Waals surface area contributed by atoms with E-state index in [0.29, 0.717) is 48.0 Å². The summed E-state index contributed by atoms with van der Waals surface area (Å²) in [6, 6.07) is 1.93. The van der Waals surface area contributed by atoms with E-state index in [9.17, 15) is 9.50 Å². The molecule has 2 fully saturated rings. The van der Waals surface area contributed by atoms with Crippen molar-refractivity contribution < 1.29 is 19.0 Å². The van der Waals surface area contributed by atoms with Crippen molar-refractivity contribution in [2.24, 2.45) is 4.99 Å². The normalized spacial score (nSPS) is 26.0. The number of aliphatic hydroxyl groups is 1. The highest BCUT2D eigenvalue weighted by Gasteiger charge is 2.38. The highest BCUT2D eigenvalue weighted by molar-refractivity contribution is 5.98. The summed E-state index contributed by atoms with van der Waals surface area (Å²) in [5.74, 6) is 0.735. The number of nitrogens with one attached hydrogen (secondary N) is 1. The molecular formula is C20H25FN4O3. The van der Waals surface area contributed by atoms with E-state index < -0.39 is 11.4 Å². The molecule has 2 aromatic heterocycles. The number of H-pyrrole nitrogens is 1. The van der Waals surface area contributed by atoms with Crippen molar-refractivity contribution in [3.05, 3.63) is 41.7 Å². The van der Waals surface area contributed by atoms with Crippen LogP contribution in [0.15, 0.2) is 35.3 Å². The fourth-order valence-corrected chi connectivity index (χ4v) is 3.72. The van der Waals surface area contributed by atoms with Crippen LogP contribution in [0.1, 0.15) is 26.3 Å². The smallest absolute Gasteiger partial charge is 0.167 e. The van der Waals surface area contributed by atoms with E-state index in [4.69, 9.17) is 14.5 Å². The molecule has 2 saturated heterocycles. The SMILES string of the molecule is C[C@@H]1COC[C@H]2CO/C(=C\C(C)(C)O)C(=NCc3c(F)cnc4[nH]ccc34)N21. The maximum absolute atomic E-state index is 14.5. The predicted molar refractivity (Wildman–Crippen MR) is 103 cm³/mol. The summed E-state index contributed by atoms with van der Waals surface area (Å²) in [5.41, 5.74) is 0.0413. The summed E-state index contributed by atoms with van der Waals surface area (Å²) >= 11 is 0. The summed E-state index contributed by atoms with van der Waals surface area (Å²) in [5, 5.41) is 11.0. The number of aromatic nitrogens is 2. The van der Waals surface area contributed by atoms with Crippen molar-refractivity contribution in [1.29, 1.82) is 0 Å². The second kappa shape index (κ2) is 7.18. The molecule has 2 aliphatic rings. The number of nitrogens with zero attached hydrogens (tertiary/aromatic N) is 3. The molecule has 2 aromatic rings. The molecule has 150 valence electrons. The van der Waals surface area contributed by atoms with Gasteiger partial charge in [0.1, 0.15) is 18.1 Å². The van der Waals surface area contributed by atoms with Crippen molar-refractivity contribution in [1.82, 2.24) is 14.9 Å². The molecule has 0 unspecified atom stereocenters. The lowest BCUT2D eigenvalue weighted by molar-refractivity contribution is -0.0438. The Morgan fingerprint density at radius 3 is 3.04 bits per heavy atom. The van der Waals surface area contributed by atoms with Crippen LogP contribution in [0.5, 0.6) is 0 Å². The van der Waals surface area contributed by atoms with Gasteiger partial charge in [-0.3, -0.25) is 4.99 Å². The van der Waals surface area contributed by atoms with Gasteiger partial charge in [-0.1, -0.05) is 0 Å². The fraction of sp³-hybridized carbons (Fsp3) is 0.500. The van der Waals surface area contributed by atoms with Gasteiger partial charge in [0.2, 0.25) is 0 Å². The molecule has 0 aliphatic carbocycles. The third-order valence-corrected chi connectivity index (χ3v) is 4.95. The van der Waals surface area contributed by atoms with Gasteiger partial charge < -0.3 is 24.5 Å². The van der Waals surface area contributed by atoms with E-state index in [1.54, 1.807) is 32.2 Å². The Bertz CT molecular complexity index is 931. The Balaban J connectivity index is 1.75. The van der Waals surface area contributed by atoms with Crippen molar-refractivity contribution in [3.8, 4) is 0 Å². The average molecular weight is 388 g/mol. The number of fused-ring (bicyclic) bond motifs is 2. The average Bonchev–Trinajstić information content (AvgIpc) is 3.10. The van der Waals surface area contributed by atoms with E-state index in [0.717, 1.165) is 0 Å². The monoisotopic (exact) mass is 388 g/mol. The summed E-state index contributed by atoms with van der Waals surface area (Å²) in [6.07, 6.45) is 4.59. The van der Waals surface area contributed by atoms with Crippen molar-refractivity contribution in [2.45, 2.75) is 45.0 Å². The van der Waals surface area contributed by atoms with Gasteiger partial charge in [-0.2, -0.15) is 0 Å². The Labute approximate surface area is 162 Å². The number of hydrogen-bond donors (Lipinski definition) is 2. The number of amidine groups is 1. The molecule has 4 rings (SSSR count). The van der Waals surface area contributed by atoms with Gasteiger partial charge in [-0.05, 0) is 32.9 Å². The van der Waals surface area contributed by atoms with Crippen LogP contribution in [0.3, 0.4) is 0 Å². The standard InChI is InChI=1S/C20H25FN4O3/c1-12-9-27-10-13-11-28-17(6-20(2,3)26)19(25(12)13)24-7-15-14-4-5-22-18(14)23-8-16(15)21/h4-6,8,12-13,26H,7,9-11H2,1-3H3,(H,22,23)/b17-6-,24-19?/t12-,13+/m1/s1. The Morgan fingerprint density at radius 2 is 2.25 bits per heavy atom. The second-order valence-corrected chi connectivity index (χ2v) is 7.89. The van der Waals surface area contributed by atoms with Gasteiger partial charge in [0, 0.05) is 17.1 Å². The molecule has 8 heteroatoms. The van der Waals surface area contributed by atoms with Gasteiger partial charge in [0.15, 0.2) is 11.6 Å². The third kappa shape index (κ3) is 3.62. The van der Waals surface area contributed by atoms with Gasteiger partial charge in [-0.15, -0.1) is 0 Å². The van der Waals surface area contributed by atoms with Crippen LogP contribution in [0, 0.1) is 5.82 Å². The zero-order chi connectivity index (χ0) is 19.9. The zero-order valence-electron chi connectivity index (χ0n) is 16.3. The van der Waals surface area contributed by atoms with Crippen molar-refractivity contribution in [2.75, 3.05) is 19.8 Å². The summed E-state index contributed by atoms with van der Waals surface area (Å²) in [6.45, 7) is 7.15. The summed E-state index contributed by atoms with van der Waals surface area (Å²) in [7, 11) is 0. The molecule has 4 heterocycles. The van der Waals surface area contributed by atoms with Crippen LogP contribution in [0.2, 0.25) is 0 Å². The van der Waals surface area contributed by atoms with Crippen LogP contribution in [-0.2, 0) is 16.0 Å². The topological polar surface area (TPSA) is 83.0 Å². The molecule has 0 aromatic carbocycles. The number of pyridine rings is 1. The Hall–Kier alpha value is -2.45. The van der Waals surface area contributed by atoms with E-state index in [1.807, 2.05) is 0 Å². The lowest BCUT2D eigenvalue weighted by Gasteiger charge is -2.46. The first kappa shape index (κ1) is 18.9. The van der Waals surface area contributed by atoms with Crippen LogP contribution in [0.4, 0.5) is 4.39 Å². The number of rotatable bonds is 3. The highest BCUT2D eigenvalue weighted by atomic mass is 19.1. The summed E-state index contributed by atoms with van der Waals surface area (Å²) in [4.78, 5) is 14.0. The quantitative estimate of drug-likeness (QED) is 0.844. The molecule has 2 atom stereocenters. The first-order chi connectivity index (χ1) is 13.3.